The number of halogens is 3. The van der Waals surface area contributed by atoms with Crippen molar-refractivity contribution in [1.29, 1.82) is 0 Å². The topological polar surface area (TPSA) is 42.0 Å². The Kier molecular flexibility index (Phi) is 5.07. The number of alkyl halides is 3. The molecular formula is C15H13F3N2OS. The Morgan fingerprint density at radius 2 is 2.05 bits per heavy atom. The van der Waals surface area contributed by atoms with Gasteiger partial charge < -0.3 is 5.32 Å². The number of benzene rings is 1. The van der Waals surface area contributed by atoms with Crippen molar-refractivity contribution < 1.29 is 18.0 Å². The molecule has 1 aromatic heterocycles. The van der Waals surface area contributed by atoms with Gasteiger partial charge in [0, 0.05) is 12.7 Å². The summed E-state index contributed by atoms with van der Waals surface area (Å²) in [5.74, 6) is -0.366. The van der Waals surface area contributed by atoms with Crippen molar-refractivity contribution in [3.63, 3.8) is 0 Å². The highest BCUT2D eigenvalue weighted by Crippen LogP contribution is 2.29. The Hall–Kier alpha value is -2.02. The van der Waals surface area contributed by atoms with E-state index in [2.05, 4.69) is 10.3 Å². The average molecular weight is 326 g/mol. The molecule has 0 saturated carbocycles. The van der Waals surface area contributed by atoms with Crippen LogP contribution in [0.15, 0.2) is 47.6 Å². The van der Waals surface area contributed by atoms with Crippen LogP contribution in [0.2, 0.25) is 0 Å². The van der Waals surface area contributed by atoms with E-state index in [1.54, 1.807) is 24.6 Å². The lowest BCUT2D eigenvalue weighted by molar-refractivity contribution is -0.137. The molecule has 1 heterocycles. The maximum atomic E-state index is 12.6. The van der Waals surface area contributed by atoms with Gasteiger partial charge in [-0.05, 0) is 36.1 Å². The van der Waals surface area contributed by atoms with E-state index in [0.29, 0.717) is 16.2 Å². The molecule has 2 aromatic rings. The van der Waals surface area contributed by atoms with Gasteiger partial charge in [-0.3, -0.25) is 4.79 Å². The third-order valence-corrected chi connectivity index (χ3v) is 3.63. The van der Waals surface area contributed by atoms with Gasteiger partial charge in [0.2, 0.25) is 0 Å². The number of amides is 1. The molecule has 22 heavy (non-hydrogen) atoms. The van der Waals surface area contributed by atoms with Crippen LogP contribution in [0, 0.1) is 0 Å². The van der Waals surface area contributed by atoms with E-state index >= 15 is 0 Å². The van der Waals surface area contributed by atoms with Crippen LogP contribution in [0.1, 0.15) is 21.5 Å². The SMILES string of the molecule is CSc1ncccc1C(=O)NCc1cccc(C(F)(F)F)c1. The van der Waals surface area contributed by atoms with Crippen LogP contribution >= 0.6 is 11.8 Å². The fraction of sp³-hybridized carbons (Fsp3) is 0.200. The van der Waals surface area contributed by atoms with Crippen molar-refractivity contribution in [2.75, 3.05) is 6.26 Å². The summed E-state index contributed by atoms with van der Waals surface area (Å²) >= 11 is 1.33. The molecule has 0 aliphatic carbocycles. The van der Waals surface area contributed by atoms with E-state index in [1.807, 2.05) is 0 Å². The average Bonchev–Trinajstić information content (AvgIpc) is 2.52. The third kappa shape index (κ3) is 4.00. The zero-order chi connectivity index (χ0) is 16.2. The first kappa shape index (κ1) is 16.4. The summed E-state index contributed by atoms with van der Waals surface area (Å²) in [7, 11) is 0. The number of hydrogen-bond acceptors (Lipinski definition) is 3. The second-order valence-corrected chi connectivity index (χ2v) is 5.24. The van der Waals surface area contributed by atoms with Crippen LogP contribution in [0.3, 0.4) is 0 Å². The Bertz CT molecular complexity index is 674. The van der Waals surface area contributed by atoms with E-state index in [1.165, 1.54) is 23.9 Å². The molecular weight excluding hydrogens is 313 g/mol. The van der Waals surface area contributed by atoms with E-state index in [-0.39, 0.29) is 12.5 Å². The number of nitrogens with one attached hydrogen (secondary N) is 1. The highest BCUT2D eigenvalue weighted by Gasteiger charge is 2.30. The molecule has 116 valence electrons. The second-order valence-electron chi connectivity index (χ2n) is 4.44. The number of nitrogens with zero attached hydrogens (tertiary/aromatic N) is 1. The van der Waals surface area contributed by atoms with Gasteiger partial charge in [-0.2, -0.15) is 13.2 Å². The van der Waals surface area contributed by atoms with Crippen molar-refractivity contribution in [3.8, 4) is 0 Å². The Morgan fingerprint density at radius 3 is 2.73 bits per heavy atom. The first-order chi connectivity index (χ1) is 10.4. The predicted octanol–water partition coefficient (Wildman–Crippen LogP) is 3.75. The fourth-order valence-electron chi connectivity index (χ4n) is 1.86. The largest absolute Gasteiger partial charge is 0.416 e. The minimum absolute atomic E-state index is 0.0193. The van der Waals surface area contributed by atoms with E-state index in [4.69, 9.17) is 0 Å². The zero-order valence-corrected chi connectivity index (χ0v) is 12.5. The number of pyridine rings is 1. The van der Waals surface area contributed by atoms with Gasteiger partial charge in [-0.25, -0.2) is 4.98 Å². The maximum Gasteiger partial charge on any atom is 0.416 e. The van der Waals surface area contributed by atoms with Crippen molar-refractivity contribution in [2.45, 2.75) is 17.7 Å². The van der Waals surface area contributed by atoms with Gasteiger partial charge in [-0.15, -0.1) is 11.8 Å². The molecule has 0 atom stereocenters. The van der Waals surface area contributed by atoms with Crippen molar-refractivity contribution in [3.05, 3.63) is 59.3 Å². The molecule has 0 radical (unpaired) electrons. The summed E-state index contributed by atoms with van der Waals surface area (Å²) in [6.45, 7) is 0.0193. The van der Waals surface area contributed by atoms with Crippen molar-refractivity contribution in [1.82, 2.24) is 10.3 Å². The maximum absolute atomic E-state index is 12.6. The van der Waals surface area contributed by atoms with Gasteiger partial charge >= 0.3 is 6.18 Å². The minimum atomic E-state index is -4.39. The van der Waals surface area contributed by atoms with E-state index in [9.17, 15) is 18.0 Å². The van der Waals surface area contributed by atoms with Crippen molar-refractivity contribution in [2.24, 2.45) is 0 Å². The molecule has 0 aliphatic rings. The summed E-state index contributed by atoms with van der Waals surface area (Å²) in [4.78, 5) is 16.2. The molecule has 0 unspecified atom stereocenters. The van der Waals surface area contributed by atoms with Gasteiger partial charge in [0.05, 0.1) is 11.1 Å². The normalized spacial score (nSPS) is 11.3. The highest BCUT2D eigenvalue weighted by atomic mass is 32.2. The monoisotopic (exact) mass is 326 g/mol. The quantitative estimate of drug-likeness (QED) is 0.870. The van der Waals surface area contributed by atoms with Crippen LogP contribution in [0.5, 0.6) is 0 Å². The molecule has 1 aromatic carbocycles. The second kappa shape index (κ2) is 6.83. The molecule has 0 bridgehead atoms. The standard InChI is InChI=1S/C15H13F3N2OS/c1-22-14-12(6-3-7-19-14)13(21)20-9-10-4-2-5-11(8-10)15(16,17)18/h2-8H,9H2,1H3,(H,20,21). The zero-order valence-electron chi connectivity index (χ0n) is 11.6. The number of aromatic nitrogens is 1. The third-order valence-electron chi connectivity index (χ3n) is 2.92. The summed E-state index contributed by atoms with van der Waals surface area (Å²) in [6.07, 6.45) is -1.02. The van der Waals surface area contributed by atoms with E-state index in [0.717, 1.165) is 12.1 Å². The predicted molar refractivity (Wildman–Crippen MR) is 78.6 cm³/mol. The smallest absolute Gasteiger partial charge is 0.348 e. The number of thioether (sulfide) groups is 1. The van der Waals surface area contributed by atoms with Gasteiger partial charge in [0.15, 0.2) is 0 Å². The number of hydrogen-bond donors (Lipinski definition) is 1. The Labute approximate surface area is 129 Å². The summed E-state index contributed by atoms with van der Waals surface area (Å²) in [5, 5.41) is 3.18. The lowest BCUT2D eigenvalue weighted by atomic mass is 10.1. The molecule has 7 heteroatoms. The van der Waals surface area contributed by atoms with Crippen LogP contribution < -0.4 is 5.32 Å². The van der Waals surface area contributed by atoms with Crippen LogP contribution in [-0.2, 0) is 12.7 Å². The lowest BCUT2D eigenvalue weighted by Gasteiger charge is -2.10. The first-order valence-electron chi connectivity index (χ1n) is 6.35. The highest BCUT2D eigenvalue weighted by molar-refractivity contribution is 7.98. The Balaban J connectivity index is 2.08. The molecule has 1 amide bonds. The van der Waals surface area contributed by atoms with Crippen LogP contribution in [0.4, 0.5) is 13.2 Å². The van der Waals surface area contributed by atoms with Crippen molar-refractivity contribution >= 4 is 17.7 Å². The summed E-state index contributed by atoms with van der Waals surface area (Å²) in [6, 6.07) is 8.15. The van der Waals surface area contributed by atoms with E-state index < -0.39 is 11.7 Å². The van der Waals surface area contributed by atoms with Gasteiger partial charge in [0.25, 0.3) is 5.91 Å². The molecule has 0 aliphatic heterocycles. The first-order valence-corrected chi connectivity index (χ1v) is 7.57. The molecule has 1 N–H and O–H groups in total. The molecule has 0 spiro atoms. The summed E-state index contributed by atoms with van der Waals surface area (Å²) in [5.41, 5.74) is 0.0603. The molecule has 0 fully saturated rings. The molecule has 3 nitrogen and oxygen atoms in total. The van der Waals surface area contributed by atoms with Gasteiger partial charge in [0.1, 0.15) is 5.03 Å². The minimum Gasteiger partial charge on any atom is -0.348 e. The number of carbonyl (C=O) groups is 1. The van der Waals surface area contributed by atoms with Gasteiger partial charge in [-0.1, -0.05) is 12.1 Å². The lowest BCUT2D eigenvalue weighted by Crippen LogP contribution is -2.23. The Morgan fingerprint density at radius 1 is 1.27 bits per heavy atom. The fourth-order valence-corrected chi connectivity index (χ4v) is 2.41. The summed E-state index contributed by atoms with van der Waals surface area (Å²) < 4.78 is 37.9. The number of rotatable bonds is 4. The van der Waals surface area contributed by atoms with Crippen LogP contribution in [-0.4, -0.2) is 17.1 Å². The molecule has 0 saturated heterocycles. The van der Waals surface area contributed by atoms with Crippen LogP contribution in [0.25, 0.3) is 0 Å². The number of carbonyl (C=O) groups excluding carboxylic acids is 1. The molecule has 2 rings (SSSR count).